The van der Waals surface area contributed by atoms with Crippen LogP contribution in [0, 0.1) is 0 Å². The Morgan fingerprint density at radius 2 is 1.70 bits per heavy atom. The molecular formula is C32H37ClN6O5. The largest absolute Gasteiger partial charge is 0.458 e. The van der Waals surface area contributed by atoms with Gasteiger partial charge in [-0.1, -0.05) is 17.7 Å². The number of ether oxygens (including phenoxy) is 2. The Kier molecular flexibility index (Phi) is 8.30. The second-order valence-corrected chi connectivity index (χ2v) is 13.4. The van der Waals surface area contributed by atoms with Gasteiger partial charge in [0, 0.05) is 41.1 Å². The van der Waals surface area contributed by atoms with Gasteiger partial charge in [0.2, 0.25) is 5.91 Å². The highest BCUT2D eigenvalue weighted by molar-refractivity contribution is 6.31. The summed E-state index contributed by atoms with van der Waals surface area (Å²) in [4.78, 5) is 52.4. The molecule has 0 spiro atoms. The van der Waals surface area contributed by atoms with Crippen molar-refractivity contribution in [2.45, 2.75) is 71.9 Å². The molecule has 5 rings (SSSR count). The van der Waals surface area contributed by atoms with Crippen molar-refractivity contribution in [2.24, 2.45) is 0 Å². The fraction of sp³-hybridized carbons (Fsp3) is 0.406. The van der Waals surface area contributed by atoms with Gasteiger partial charge in [0.15, 0.2) is 0 Å². The van der Waals surface area contributed by atoms with Crippen LogP contribution in [-0.4, -0.2) is 72.6 Å². The number of aromatic nitrogens is 3. The summed E-state index contributed by atoms with van der Waals surface area (Å²) in [6.07, 6.45) is 0.846. The molecule has 1 aliphatic heterocycles. The number of fused-ring (bicyclic) bond motifs is 2. The van der Waals surface area contributed by atoms with Gasteiger partial charge in [-0.05, 0) is 83.5 Å². The van der Waals surface area contributed by atoms with E-state index in [-0.39, 0.29) is 32.1 Å². The average molecular weight is 621 g/mol. The van der Waals surface area contributed by atoms with Crippen LogP contribution in [0.1, 0.15) is 52.8 Å². The molecule has 3 heterocycles. The Bertz CT molecular complexity index is 1760. The summed E-state index contributed by atoms with van der Waals surface area (Å²) in [6, 6.07) is 11.7. The average Bonchev–Trinajstić information content (AvgIpc) is 3.25. The topological polar surface area (TPSA) is 133 Å². The third kappa shape index (κ3) is 6.95. The van der Waals surface area contributed by atoms with Crippen LogP contribution in [0.2, 0.25) is 5.02 Å². The Hall–Kier alpha value is -4.22. The Labute approximate surface area is 260 Å². The maximum absolute atomic E-state index is 13.7. The molecule has 1 unspecified atom stereocenters. The maximum atomic E-state index is 13.7. The summed E-state index contributed by atoms with van der Waals surface area (Å²) in [5.41, 5.74) is 7.17. The summed E-state index contributed by atoms with van der Waals surface area (Å²) >= 11 is 6.26. The van der Waals surface area contributed by atoms with E-state index in [1.54, 1.807) is 64.6 Å². The first-order valence-corrected chi connectivity index (χ1v) is 14.7. The maximum Gasteiger partial charge on any atom is 0.419 e. The third-order valence-corrected chi connectivity index (χ3v) is 7.29. The fourth-order valence-electron chi connectivity index (χ4n) is 5.28. The minimum absolute atomic E-state index is 0.0264. The lowest BCUT2D eigenvalue weighted by molar-refractivity contribution is -0.169. The monoisotopic (exact) mass is 620 g/mol. The number of carbonyl (C=O) groups excluding carboxylic acids is 3. The zero-order valence-electron chi connectivity index (χ0n) is 25.8. The van der Waals surface area contributed by atoms with E-state index in [0.29, 0.717) is 33.0 Å². The van der Waals surface area contributed by atoms with Crippen molar-refractivity contribution < 1.29 is 23.9 Å². The van der Waals surface area contributed by atoms with Crippen LogP contribution in [0.3, 0.4) is 0 Å². The van der Waals surface area contributed by atoms with E-state index in [1.807, 2.05) is 29.2 Å². The van der Waals surface area contributed by atoms with Crippen molar-refractivity contribution in [3.05, 3.63) is 65.1 Å². The predicted octanol–water partition coefficient (Wildman–Crippen LogP) is 5.16. The summed E-state index contributed by atoms with van der Waals surface area (Å²) < 4.78 is 13.0. The molecule has 4 aromatic rings. The Balaban J connectivity index is 1.46. The number of benzene rings is 2. The van der Waals surface area contributed by atoms with Gasteiger partial charge >= 0.3 is 12.1 Å². The second kappa shape index (κ2) is 11.7. The molecule has 12 heteroatoms. The first kappa shape index (κ1) is 31.2. The van der Waals surface area contributed by atoms with Crippen molar-refractivity contribution in [3.63, 3.8) is 0 Å². The molecule has 232 valence electrons. The molecule has 2 N–H and O–H groups in total. The van der Waals surface area contributed by atoms with E-state index in [2.05, 4.69) is 9.97 Å². The van der Waals surface area contributed by atoms with Gasteiger partial charge in [-0.15, -0.1) is 0 Å². The van der Waals surface area contributed by atoms with Crippen molar-refractivity contribution in [2.75, 3.05) is 18.8 Å². The Morgan fingerprint density at radius 3 is 2.41 bits per heavy atom. The lowest BCUT2D eigenvalue weighted by atomic mass is 10.1. The highest BCUT2D eigenvalue weighted by atomic mass is 35.5. The number of hydrogen-bond acceptors (Lipinski definition) is 9. The predicted molar refractivity (Wildman–Crippen MR) is 168 cm³/mol. The second-order valence-electron chi connectivity index (χ2n) is 13.0. The van der Waals surface area contributed by atoms with E-state index in [9.17, 15) is 14.4 Å². The van der Waals surface area contributed by atoms with Gasteiger partial charge in [0.25, 0.3) is 0 Å². The third-order valence-electron chi connectivity index (χ3n) is 7.05. The highest BCUT2D eigenvalue weighted by Gasteiger charge is 2.40. The van der Waals surface area contributed by atoms with E-state index >= 15 is 0 Å². The van der Waals surface area contributed by atoms with Crippen LogP contribution in [0.4, 0.5) is 10.6 Å². The van der Waals surface area contributed by atoms with Gasteiger partial charge in [-0.2, -0.15) is 0 Å². The number of amides is 1. The number of nitrogens with zero attached hydrogens (tertiary/aromatic N) is 5. The van der Waals surface area contributed by atoms with Crippen LogP contribution in [0.5, 0.6) is 0 Å². The van der Waals surface area contributed by atoms with Gasteiger partial charge in [-0.25, -0.2) is 24.1 Å². The number of carbonyl (C=O) groups is 3. The highest BCUT2D eigenvalue weighted by Crippen LogP contribution is 2.28. The Morgan fingerprint density at radius 1 is 0.977 bits per heavy atom. The minimum Gasteiger partial charge on any atom is -0.458 e. The molecule has 1 fully saturated rings. The molecule has 0 radical (unpaired) electrons. The zero-order valence-corrected chi connectivity index (χ0v) is 26.5. The lowest BCUT2D eigenvalue weighted by Crippen LogP contribution is -2.59. The van der Waals surface area contributed by atoms with Crippen LogP contribution in [-0.2, 0) is 32.2 Å². The van der Waals surface area contributed by atoms with E-state index in [4.69, 9.17) is 26.8 Å². The molecule has 11 nitrogen and oxygen atoms in total. The minimum atomic E-state index is -0.893. The first-order valence-electron chi connectivity index (χ1n) is 14.3. The van der Waals surface area contributed by atoms with Crippen LogP contribution in [0.15, 0.2) is 48.8 Å². The molecule has 44 heavy (non-hydrogen) atoms. The number of hydrogen-bond donors (Lipinski definition) is 1. The van der Waals surface area contributed by atoms with E-state index in [0.717, 1.165) is 10.9 Å². The van der Waals surface area contributed by atoms with Gasteiger partial charge < -0.3 is 20.1 Å². The quantitative estimate of drug-likeness (QED) is 0.300. The molecule has 2 aromatic heterocycles. The molecule has 0 bridgehead atoms. The molecule has 2 aromatic carbocycles. The van der Waals surface area contributed by atoms with Crippen LogP contribution in [0.25, 0.3) is 21.8 Å². The lowest BCUT2D eigenvalue weighted by Gasteiger charge is -2.40. The number of anilines is 1. The van der Waals surface area contributed by atoms with Gasteiger partial charge in [0.1, 0.15) is 29.4 Å². The SMILES string of the molecule is CC(C)(C)OC(=O)C1CN(Cc2cc3cc(Cl)ccc3n2C(=O)OC(C)(C)C)CC(=O)N1Cc1ccc2c(N)ncnc2c1. The van der Waals surface area contributed by atoms with Gasteiger partial charge in [0.05, 0.1) is 17.6 Å². The normalized spacial score (nSPS) is 16.5. The smallest absolute Gasteiger partial charge is 0.419 e. The van der Waals surface area contributed by atoms with Crippen LogP contribution < -0.4 is 5.73 Å². The first-order chi connectivity index (χ1) is 20.6. The molecule has 1 saturated heterocycles. The molecule has 1 atom stereocenters. The molecular weight excluding hydrogens is 584 g/mol. The number of halogens is 1. The number of piperazine rings is 1. The van der Waals surface area contributed by atoms with E-state index in [1.165, 1.54) is 10.9 Å². The number of rotatable bonds is 5. The summed E-state index contributed by atoms with van der Waals surface area (Å²) in [5, 5.41) is 1.99. The van der Waals surface area contributed by atoms with E-state index < -0.39 is 29.3 Å². The van der Waals surface area contributed by atoms with Crippen molar-refractivity contribution in [1.29, 1.82) is 0 Å². The summed E-state index contributed by atoms with van der Waals surface area (Å²) in [5.74, 6) is -0.399. The van der Waals surface area contributed by atoms with Crippen LogP contribution >= 0.6 is 11.6 Å². The fourth-order valence-corrected chi connectivity index (χ4v) is 5.47. The summed E-state index contributed by atoms with van der Waals surface area (Å²) in [7, 11) is 0. The van der Waals surface area contributed by atoms with Crippen molar-refractivity contribution in [1.82, 2.24) is 24.3 Å². The molecule has 0 saturated carbocycles. The van der Waals surface area contributed by atoms with Gasteiger partial charge in [-0.3, -0.25) is 9.69 Å². The summed E-state index contributed by atoms with van der Waals surface area (Å²) in [6.45, 7) is 11.4. The molecule has 1 aliphatic rings. The standard InChI is InChI=1S/C32H37ClN6O5/c1-31(2,3)43-29(41)26-16-37(17-27(40)38(26)14-19-7-9-23-24(11-19)35-18-36-28(23)34)15-22-13-20-12-21(33)8-10-25(20)39(22)30(42)44-32(4,5)6/h7-13,18,26H,14-17H2,1-6H3,(H2,34,35,36). The number of nitrogens with two attached hydrogens (primary N) is 1. The molecule has 0 aliphatic carbocycles. The number of nitrogen functional groups attached to an aromatic ring is 1. The van der Waals surface area contributed by atoms with Crippen molar-refractivity contribution in [3.8, 4) is 0 Å². The molecule has 1 amide bonds. The van der Waals surface area contributed by atoms with Crippen molar-refractivity contribution >= 4 is 57.2 Å². The zero-order chi connectivity index (χ0) is 32.0. The number of esters is 1.